The highest BCUT2D eigenvalue weighted by molar-refractivity contribution is 7.13. The van der Waals surface area contributed by atoms with Crippen molar-refractivity contribution in [3.63, 3.8) is 0 Å². The minimum absolute atomic E-state index is 0.0662. The maximum Gasteiger partial charge on any atom is 0.227 e. The highest BCUT2D eigenvalue weighted by Gasteiger charge is 2.23. The van der Waals surface area contributed by atoms with Gasteiger partial charge in [-0.2, -0.15) is 0 Å². The van der Waals surface area contributed by atoms with Crippen molar-refractivity contribution in [2.75, 3.05) is 5.32 Å². The van der Waals surface area contributed by atoms with Gasteiger partial charge in [0.1, 0.15) is 0 Å². The van der Waals surface area contributed by atoms with Gasteiger partial charge in [-0.15, -0.1) is 11.3 Å². The lowest BCUT2D eigenvalue weighted by Gasteiger charge is -2.26. The predicted molar refractivity (Wildman–Crippen MR) is 76.9 cm³/mol. The van der Waals surface area contributed by atoms with Gasteiger partial charge in [0, 0.05) is 17.8 Å². The van der Waals surface area contributed by atoms with Crippen LogP contribution in [-0.4, -0.2) is 16.9 Å². The smallest absolute Gasteiger partial charge is 0.227 e. The molecule has 0 saturated heterocycles. The zero-order chi connectivity index (χ0) is 13.9. The second-order valence-electron chi connectivity index (χ2n) is 5.96. The zero-order valence-corrected chi connectivity index (χ0v) is 12.6. The fourth-order valence-electron chi connectivity index (χ4n) is 1.28. The average Bonchev–Trinajstić information content (AvgIpc) is 2.64. The van der Waals surface area contributed by atoms with Crippen LogP contribution in [0.15, 0.2) is 5.38 Å². The van der Waals surface area contributed by atoms with Gasteiger partial charge in [-0.3, -0.25) is 4.79 Å². The molecule has 1 amide bonds. The van der Waals surface area contributed by atoms with Gasteiger partial charge >= 0.3 is 0 Å². The molecule has 0 spiro atoms. The second kappa shape index (κ2) is 5.80. The molecule has 0 radical (unpaired) electrons. The Kier molecular flexibility index (Phi) is 4.87. The lowest BCUT2D eigenvalue weighted by atomic mass is 9.85. The SMILES string of the molecule is CC(C)c1csc(NC(=O)CC(N)C(C)(C)C)n1. The summed E-state index contributed by atoms with van der Waals surface area (Å²) in [6, 6.07) is -0.151. The van der Waals surface area contributed by atoms with Crippen molar-refractivity contribution in [3.05, 3.63) is 11.1 Å². The van der Waals surface area contributed by atoms with E-state index >= 15 is 0 Å². The molecule has 102 valence electrons. The van der Waals surface area contributed by atoms with Crippen LogP contribution in [0.4, 0.5) is 5.13 Å². The predicted octanol–water partition coefficient (Wildman–Crippen LogP) is 2.97. The molecule has 0 fully saturated rings. The number of carbonyl (C=O) groups excluding carboxylic acids is 1. The Morgan fingerprint density at radius 2 is 2.11 bits per heavy atom. The number of nitrogens with zero attached hydrogens (tertiary/aromatic N) is 1. The van der Waals surface area contributed by atoms with Crippen LogP contribution >= 0.6 is 11.3 Å². The fraction of sp³-hybridized carbons (Fsp3) is 0.692. The van der Waals surface area contributed by atoms with E-state index in [1.54, 1.807) is 0 Å². The first kappa shape index (κ1) is 15.1. The molecule has 0 aromatic carbocycles. The number of hydrogen-bond donors (Lipinski definition) is 2. The van der Waals surface area contributed by atoms with Gasteiger partial charge in [-0.1, -0.05) is 34.6 Å². The van der Waals surface area contributed by atoms with Gasteiger partial charge in [-0.25, -0.2) is 4.98 Å². The van der Waals surface area contributed by atoms with E-state index in [9.17, 15) is 4.79 Å². The van der Waals surface area contributed by atoms with Crippen molar-refractivity contribution in [3.8, 4) is 0 Å². The Labute approximate surface area is 113 Å². The number of aromatic nitrogens is 1. The summed E-state index contributed by atoms with van der Waals surface area (Å²) in [4.78, 5) is 16.2. The number of amides is 1. The maximum atomic E-state index is 11.8. The molecule has 3 N–H and O–H groups in total. The van der Waals surface area contributed by atoms with E-state index in [2.05, 4.69) is 24.1 Å². The summed E-state index contributed by atoms with van der Waals surface area (Å²) in [7, 11) is 0. The topological polar surface area (TPSA) is 68.0 Å². The number of nitrogens with one attached hydrogen (secondary N) is 1. The van der Waals surface area contributed by atoms with E-state index in [0.29, 0.717) is 17.5 Å². The first-order valence-electron chi connectivity index (χ1n) is 6.21. The summed E-state index contributed by atoms with van der Waals surface area (Å²) in [5.41, 5.74) is 6.92. The Morgan fingerprint density at radius 3 is 2.56 bits per heavy atom. The molecule has 1 aromatic rings. The zero-order valence-electron chi connectivity index (χ0n) is 11.8. The third kappa shape index (κ3) is 4.38. The second-order valence-corrected chi connectivity index (χ2v) is 6.82. The molecule has 1 heterocycles. The van der Waals surface area contributed by atoms with Gasteiger partial charge in [0.15, 0.2) is 5.13 Å². The van der Waals surface area contributed by atoms with Crippen LogP contribution < -0.4 is 11.1 Å². The van der Waals surface area contributed by atoms with Crippen LogP contribution in [0, 0.1) is 5.41 Å². The van der Waals surface area contributed by atoms with Crippen molar-refractivity contribution in [1.29, 1.82) is 0 Å². The molecule has 1 atom stereocenters. The highest BCUT2D eigenvalue weighted by Crippen LogP contribution is 2.23. The molecule has 0 aliphatic heterocycles. The van der Waals surface area contributed by atoms with Crippen molar-refractivity contribution in [2.24, 2.45) is 11.1 Å². The number of rotatable bonds is 4. The van der Waals surface area contributed by atoms with Gasteiger partial charge in [0.05, 0.1) is 5.69 Å². The summed E-state index contributed by atoms with van der Waals surface area (Å²) in [6.45, 7) is 10.3. The normalized spacial score (nSPS) is 13.7. The summed E-state index contributed by atoms with van der Waals surface area (Å²) in [6.07, 6.45) is 0.320. The van der Waals surface area contributed by atoms with Crippen molar-refractivity contribution >= 4 is 22.4 Å². The molecule has 5 heteroatoms. The lowest BCUT2D eigenvalue weighted by molar-refractivity contribution is -0.117. The first-order chi connectivity index (χ1) is 8.20. The first-order valence-corrected chi connectivity index (χ1v) is 7.09. The average molecular weight is 269 g/mol. The third-order valence-corrected chi connectivity index (χ3v) is 3.65. The maximum absolute atomic E-state index is 11.8. The van der Waals surface area contributed by atoms with Crippen LogP contribution in [0.5, 0.6) is 0 Å². The van der Waals surface area contributed by atoms with Crippen molar-refractivity contribution in [1.82, 2.24) is 4.98 Å². The molecule has 1 rings (SSSR count). The van der Waals surface area contributed by atoms with E-state index in [-0.39, 0.29) is 17.4 Å². The van der Waals surface area contributed by atoms with E-state index in [4.69, 9.17) is 5.73 Å². The molecule has 0 saturated carbocycles. The largest absolute Gasteiger partial charge is 0.327 e. The van der Waals surface area contributed by atoms with Crippen LogP contribution in [0.2, 0.25) is 0 Å². The van der Waals surface area contributed by atoms with E-state index in [0.717, 1.165) is 5.69 Å². The summed E-state index contributed by atoms with van der Waals surface area (Å²) >= 11 is 1.46. The molecule has 0 aliphatic carbocycles. The van der Waals surface area contributed by atoms with Gasteiger partial charge in [0.25, 0.3) is 0 Å². The standard InChI is InChI=1S/C13H23N3OS/c1-8(2)9-7-18-12(15-9)16-11(17)6-10(14)13(3,4)5/h7-8,10H,6,14H2,1-5H3,(H,15,16,17). The van der Waals surface area contributed by atoms with Crippen LogP contribution in [0.1, 0.15) is 52.7 Å². The minimum Gasteiger partial charge on any atom is -0.327 e. The number of nitrogens with two attached hydrogens (primary N) is 1. The molecule has 1 unspecified atom stereocenters. The molecule has 0 bridgehead atoms. The van der Waals surface area contributed by atoms with E-state index in [1.165, 1.54) is 11.3 Å². The van der Waals surface area contributed by atoms with Crippen LogP contribution in [0.3, 0.4) is 0 Å². The number of anilines is 1. The van der Waals surface area contributed by atoms with Gasteiger partial charge in [0.2, 0.25) is 5.91 Å². The number of carbonyl (C=O) groups is 1. The molecular weight excluding hydrogens is 246 g/mol. The summed E-state index contributed by atoms with van der Waals surface area (Å²) < 4.78 is 0. The number of hydrogen-bond acceptors (Lipinski definition) is 4. The van der Waals surface area contributed by atoms with Gasteiger partial charge < -0.3 is 11.1 Å². The van der Waals surface area contributed by atoms with Gasteiger partial charge in [-0.05, 0) is 11.3 Å². The Balaban J connectivity index is 2.54. The Bertz CT molecular complexity index is 407. The number of thiazole rings is 1. The van der Waals surface area contributed by atoms with E-state index < -0.39 is 0 Å². The van der Waals surface area contributed by atoms with E-state index in [1.807, 2.05) is 26.2 Å². The summed E-state index contributed by atoms with van der Waals surface area (Å²) in [5.74, 6) is 0.311. The highest BCUT2D eigenvalue weighted by atomic mass is 32.1. The van der Waals surface area contributed by atoms with Crippen LogP contribution in [-0.2, 0) is 4.79 Å². The summed E-state index contributed by atoms with van der Waals surface area (Å²) in [5, 5.41) is 5.44. The van der Waals surface area contributed by atoms with Crippen molar-refractivity contribution < 1.29 is 4.79 Å². The lowest BCUT2D eigenvalue weighted by Crippen LogP contribution is -2.38. The molecular formula is C13H23N3OS. The quantitative estimate of drug-likeness (QED) is 0.883. The van der Waals surface area contributed by atoms with Crippen LogP contribution in [0.25, 0.3) is 0 Å². The Morgan fingerprint density at radius 1 is 1.50 bits per heavy atom. The molecule has 4 nitrogen and oxygen atoms in total. The molecule has 0 aliphatic rings. The third-order valence-electron chi connectivity index (χ3n) is 2.88. The fourth-order valence-corrected chi connectivity index (χ4v) is 2.17. The minimum atomic E-state index is -0.151. The van der Waals surface area contributed by atoms with Crippen molar-refractivity contribution in [2.45, 2.75) is 53.0 Å². The monoisotopic (exact) mass is 269 g/mol. The molecule has 1 aromatic heterocycles. The Hall–Kier alpha value is -0.940. The molecule has 18 heavy (non-hydrogen) atoms.